The monoisotopic (exact) mass is 278 g/mol. The molecule has 108 valence electrons. The molecule has 0 aliphatic carbocycles. The molecule has 3 atom stereocenters. The third kappa shape index (κ3) is 6.50. The van der Waals surface area contributed by atoms with Gasteiger partial charge < -0.3 is 25.1 Å². The number of carboxylic acid groups (broad SMARTS) is 1. The van der Waals surface area contributed by atoms with Crippen LogP contribution < -0.4 is 20.8 Å². The summed E-state index contributed by atoms with van der Waals surface area (Å²) in [4.78, 5) is 22.7. The molecule has 0 amide bonds. The fourth-order valence-electron chi connectivity index (χ4n) is 1.61. The van der Waals surface area contributed by atoms with Gasteiger partial charge in [0.2, 0.25) is 0 Å². The molecule has 0 aliphatic heterocycles. The molecule has 0 rings (SSSR count). The average Bonchev–Trinajstić information content (AvgIpc) is 2.14. The molecule has 0 aliphatic rings. The normalized spacial score (nSPS) is 18.7. The largest absolute Gasteiger partial charge is 0.787 e. The van der Waals surface area contributed by atoms with Gasteiger partial charge >= 0.3 is 0 Å². The Hall–Kier alpha value is -0.420. The molecule has 7 heteroatoms. The Bertz CT molecular complexity index is 320. The van der Waals surface area contributed by atoms with Crippen LogP contribution in [0.25, 0.3) is 0 Å². The third-order valence-electron chi connectivity index (χ3n) is 2.48. The van der Waals surface area contributed by atoms with E-state index in [9.17, 15) is 19.4 Å². The fraction of sp³-hybridized carbons (Fsp3) is 0.909. The van der Waals surface area contributed by atoms with Gasteiger partial charge in [0.05, 0.1) is 25.3 Å². The van der Waals surface area contributed by atoms with Crippen molar-refractivity contribution in [2.75, 3.05) is 0 Å². The molecular formula is C11H23N2O4P-2. The van der Waals surface area contributed by atoms with Crippen LogP contribution in [0.2, 0.25) is 0 Å². The molecule has 0 heterocycles. The van der Waals surface area contributed by atoms with Crippen molar-refractivity contribution >= 4 is 13.5 Å². The predicted octanol–water partition coefficient (Wildman–Crippen LogP) is -0.375. The van der Waals surface area contributed by atoms with Crippen molar-refractivity contribution in [3.05, 3.63) is 0 Å². The van der Waals surface area contributed by atoms with E-state index in [1.807, 2.05) is 13.8 Å². The summed E-state index contributed by atoms with van der Waals surface area (Å²) in [6.07, 6.45) is 0.470. The standard InChI is InChI=1S/C11H25N2O4P/c1-7(2)5-9(11(14)15)13-18(16,17)10(12)6-8(3)4/h7-10H,5-6,12H2,1-4H3,(H,14,15)(H2,13,16,17)/p-2/t9-,10?/m0/s1. The van der Waals surface area contributed by atoms with E-state index in [4.69, 9.17) is 5.73 Å². The van der Waals surface area contributed by atoms with Gasteiger partial charge in [0.15, 0.2) is 0 Å². The highest BCUT2D eigenvalue weighted by atomic mass is 31.2. The Balaban J connectivity index is 4.69. The summed E-state index contributed by atoms with van der Waals surface area (Å²) >= 11 is 0. The maximum absolute atomic E-state index is 11.9. The lowest BCUT2D eigenvalue weighted by Crippen LogP contribution is -2.49. The molecule has 0 saturated heterocycles. The van der Waals surface area contributed by atoms with E-state index in [0.29, 0.717) is 0 Å². The summed E-state index contributed by atoms with van der Waals surface area (Å²) < 4.78 is 11.9. The van der Waals surface area contributed by atoms with E-state index in [1.54, 1.807) is 13.8 Å². The summed E-state index contributed by atoms with van der Waals surface area (Å²) in [6, 6.07) is -1.22. The smallest absolute Gasteiger partial charge is 0.0939 e. The van der Waals surface area contributed by atoms with Crippen molar-refractivity contribution in [1.29, 1.82) is 0 Å². The van der Waals surface area contributed by atoms with E-state index >= 15 is 0 Å². The molecule has 6 nitrogen and oxygen atoms in total. The first-order chi connectivity index (χ1) is 8.06. The summed E-state index contributed by atoms with van der Waals surface area (Å²) in [7, 11) is -4.15. The quantitative estimate of drug-likeness (QED) is 0.584. The zero-order chi connectivity index (χ0) is 14.5. The van der Waals surface area contributed by atoms with Crippen LogP contribution in [-0.4, -0.2) is 17.8 Å². The predicted molar refractivity (Wildman–Crippen MR) is 66.4 cm³/mol. The molecule has 0 aromatic carbocycles. The molecule has 0 radical (unpaired) electrons. The van der Waals surface area contributed by atoms with Crippen LogP contribution in [0.1, 0.15) is 40.5 Å². The maximum Gasteiger partial charge on any atom is 0.0939 e. The van der Waals surface area contributed by atoms with Crippen LogP contribution in [-0.2, 0) is 9.36 Å². The number of nitrogens with two attached hydrogens (primary N) is 1. The van der Waals surface area contributed by atoms with Gasteiger partial charge in [-0.2, -0.15) is 0 Å². The Morgan fingerprint density at radius 3 is 2.00 bits per heavy atom. The van der Waals surface area contributed by atoms with Crippen molar-refractivity contribution in [3.8, 4) is 0 Å². The van der Waals surface area contributed by atoms with E-state index in [2.05, 4.69) is 5.09 Å². The third-order valence-corrected chi connectivity index (χ3v) is 4.23. The van der Waals surface area contributed by atoms with Gasteiger partial charge in [-0.15, -0.1) is 0 Å². The topological polar surface area (TPSA) is 118 Å². The molecule has 0 fully saturated rings. The minimum Gasteiger partial charge on any atom is -0.787 e. The number of carboxylic acids is 1. The maximum atomic E-state index is 11.9. The van der Waals surface area contributed by atoms with Gasteiger partial charge in [0.1, 0.15) is 0 Å². The average molecular weight is 278 g/mol. The van der Waals surface area contributed by atoms with Crippen molar-refractivity contribution in [1.82, 2.24) is 5.09 Å². The minimum atomic E-state index is -4.15. The highest BCUT2D eigenvalue weighted by molar-refractivity contribution is 7.55. The Morgan fingerprint density at radius 1 is 1.22 bits per heavy atom. The first-order valence-corrected chi connectivity index (χ1v) is 7.80. The second kappa shape index (κ2) is 7.24. The van der Waals surface area contributed by atoms with E-state index in [0.717, 1.165) is 0 Å². The highest BCUT2D eigenvalue weighted by Gasteiger charge is 2.24. The summed E-state index contributed by atoms with van der Waals surface area (Å²) in [5.74, 6) is -2.33. The molecule has 0 saturated carbocycles. The molecule has 18 heavy (non-hydrogen) atoms. The number of rotatable bonds is 8. The molecule has 2 unspecified atom stereocenters. The fourth-order valence-corrected chi connectivity index (χ4v) is 3.14. The van der Waals surface area contributed by atoms with Crippen molar-refractivity contribution in [3.63, 3.8) is 0 Å². The lowest BCUT2D eigenvalue weighted by Gasteiger charge is -2.36. The molecule has 0 aromatic rings. The van der Waals surface area contributed by atoms with E-state index in [1.165, 1.54) is 0 Å². The number of carbonyl (C=O) groups excluding carboxylic acids is 1. The summed E-state index contributed by atoms with van der Waals surface area (Å²) in [5, 5.41) is 13.0. The first kappa shape index (κ1) is 17.6. The van der Waals surface area contributed by atoms with Crippen molar-refractivity contribution in [2.45, 2.75) is 52.4 Å². The SMILES string of the molecule is CC(C)CC(N)P(=O)([O-])N[C@@H](CC(C)C)C(=O)[O-]. The second-order valence-corrected chi connectivity index (χ2v) is 7.54. The number of hydrogen-bond donors (Lipinski definition) is 2. The molecule has 3 N–H and O–H groups in total. The zero-order valence-corrected chi connectivity index (χ0v) is 12.3. The van der Waals surface area contributed by atoms with Crippen LogP contribution in [0.15, 0.2) is 0 Å². The van der Waals surface area contributed by atoms with Gasteiger partial charge in [-0.3, -0.25) is 5.09 Å². The number of carbonyl (C=O) groups is 1. The second-order valence-electron chi connectivity index (χ2n) is 5.42. The number of hydrogen-bond acceptors (Lipinski definition) is 5. The lowest BCUT2D eigenvalue weighted by molar-refractivity contribution is -0.308. The zero-order valence-electron chi connectivity index (χ0n) is 11.4. The Labute approximate surface area is 108 Å². The van der Waals surface area contributed by atoms with Crippen LogP contribution in [0, 0.1) is 11.8 Å². The van der Waals surface area contributed by atoms with Gasteiger partial charge in [0, 0.05) is 0 Å². The minimum absolute atomic E-state index is 0.0433. The van der Waals surface area contributed by atoms with Gasteiger partial charge in [-0.05, 0) is 24.7 Å². The molecule has 0 spiro atoms. The summed E-state index contributed by atoms with van der Waals surface area (Å²) in [5.41, 5.74) is 5.58. The molecule has 0 bridgehead atoms. The molecular weight excluding hydrogens is 255 g/mol. The van der Waals surface area contributed by atoms with Crippen LogP contribution >= 0.6 is 7.52 Å². The highest BCUT2D eigenvalue weighted by Crippen LogP contribution is 2.38. The Morgan fingerprint density at radius 2 is 1.67 bits per heavy atom. The molecule has 0 aromatic heterocycles. The first-order valence-electron chi connectivity index (χ1n) is 6.11. The van der Waals surface area contributed by atoms with E-state index < -0.39 is 25.3 Å². The van der Waals surface area contributed by atoms with E-state index in [-0.39, 0.29) is 24.7 Å². The van der Waals surface area contributed by atoms with Gasteiger partial charge in [-0.1, -0.05) is 27.7 Å². The lowest BCUT2D eigenvalue weighted by atomic mass is 10.1. The van der Waals surface area contributed by atoms with Gasteiger partial charge in [0.25, 0.3) is 0 Å². The van der Waals surface area contributed by atoms with Crippen molar-refractivity contribution in [2.24, 2.45) is 17.6 Å². The van der Waals surface area contributed by atoms with Crippen LogP contribution in [0.5, 0.6) is 0 Å². The summed E-state index contributed by atoms with van der Waals surface area (Å²) in [6.45, 7) is 7.32. The number of aliphatic carboxylic acids is 1. The van der Waals surface area contributed by atoms with Crippen LogP contribution in [0.3, 0.4) is 0 Å². The number of nitrogens with one attached hydrogen (secondary N) is 1. The van der Waals surface area contributed by atoms with Gasteiger partial charge in [-0.25, -0.2) is 0 Å². The van der Waals surface area contributed by atoms with Crippen molar-refractivity contribution < 1.29 is 19.4 Å². The Kier molecular flexibility index (Phi) is 7.07. The van der Waals surface area contributed by atoms with Crippen LogP contribution in [0.4, 0.5) is 0 Å².